The Morgan fingerprint density at radius 3 is 2.80 bits per heavy atom. The van der Waals surface area contributed by atoms with Gasteiger partial charge in [0.15, 0.2) is 0 Å². The number of nitrogens with zero attached hydrogens (tertiary/aromatic N) is 2. The molecule has 0 aliphatic carbocycles. The summed E-state index contributed by atoms with van der Waals surface area (Å²) in [5.41, 5.74) is 8.09. The molecule has 0 unspecified atom stereocenters. The fraction of sp³-hybridized carbons (Fsp3) is 0.438. The molecule has 20 heavy (non-hydrogen) atoms. The van der Waals surface area contributed by atoms with E-state index in [9.17, 15) is 0 Å². The summed E-state index contributed by atoms with van der Waals surface area (Å²) in [4.78, 5) is 6.61. The van der Waals surface area contributed by atoms with Crippen molar-refractivity contribution < 1.29 is 4.74 Å². The average molecular weight is 271 g/mol. The van der Waals surface area contributed by atoms with Crippen LogP contribution in [0.1, 0.15) is 19.8 Å². The van der Waals surface area contributed by atoms with Gasteiger partial charge in [-0.1, -0.05) is 0 Å². The summed E-state index contributed by atoms with van der Waals surface area (Å²) in [5, 5.41) is 2.23. The molecule has 3 rings (SSSR count). The number of benzene rings is 1. The summed E-state index contributed by atoms with van der Waals surface area (Å²) < 4.78 is 5.72. The van der Waals surface area contributed by atoms with E-state index in [1.165, 1.54) is 11.1 Å². The molecule has 0 saturated carbocycles. The lowest BCUT2D eigenvalue weighted by Gasteiger charge is -2.34. The maximum Gasteiger partial charge on any atom is 0.0608 e. The number of hydrogen-bond acceptors (Lipinski definition) is 4. The zero-order valence-corrected chi connectivity index (χ0v) is 11.9. The van der Waals surface area contributed by atoms with Crippen LogP contribution in [0.5, 0.6) is 0 Å². The van der Waals surface area contributed by atoms with Crippen LogP contribution in [-0.4, -0.2) is 30.8 Å². The molecule has 0 radical (unpaired) electrons. The van der Waals surface area contributed by atoms with Crippen LogP contribution < -0.4 is 10.6 Å². The molecule has 1 aliphatic rings. The average Bonchev–Trinajstić information content (AvgIpc) is 2.49. The van der Waals surface area contributed by atoms with Crippen molar-refractivity contribution in [2.24, 2.45) is 0 Å². The van der Waals surface area contributed by atoms with Crippen molar-refractivity contribution in [1.82, 2.24) is 4.98 Å². The Labute approximate surface area is 119 Å². The third-order valence-corrected chi connectivity index (χ3v) is 4.01. The molecule has 1 saturated heterocycles. The summed E-state index contributed by atoms with van der Waals surface area (Å²) in [6, 6.07) is 6.16. The summed E-state index contributed by atoms with van der Waals surface area (Å²) in [7, 11) is 0. The number of aromatic nitrogens is 1. The number of rotatable bonds is 3. The van der Waals surface area contributed by atoms with Crippen LogP contribution in [0.15, 0.2) is 30.6 Å². The lowest BCUT2D eigenvalue weighted by Crippen LogP contribution is -2.37. The molecule has 2 N–H and O–H groups in total. The predicted octanol–water partition coefficient (Wildman–Crippen LogP) is 2.82. The van der Waals surface area contributed by atoms with Gasteiger partial charge in [-0.25, -0.2) is 0 Å². The highest BCUT2D eigenvalue weighted by Crippen LogP contribution is 2.32. The first-order valence-electron chi connectivity index (χ1n) is 7.28. The molecule has 2 aromatic rings. The van der Waals surface area contributed by atoms with Gasteiger partial charge in [-0.3, -0.25) is 4.98 Å². The van der Waals surface area contributed by atoms with Crippen molar-refractivity contribution in [3.05, 3.63) is 30.6 Å². The van der Waals surface area contributed by atoms with Crippen LogP contribution in [0.2, 0.25) is 0 Å². The number of pyridine rings is 1. The zero-order chi connectivity index (χ0) is 13.9. The molecule has 1 aromatic heterocycles. The molecule has 2 heterocycles. The summed E-state index contributed by atoms with van der Waals surface area (Å²) in [6.07, 6.45) is 6.27. The number of piperidine rings is 1. The molecule has 4 nitrogen and oxygen atoms in total. The maximum atomic E-state index is 6.04. The SMILES string of the molecule is CCOC1CCN(c2ccc(N)c3cnccc23)CC1. The standard InChI is InChI=1S/C16H21N3O/c1-2-20-12-6-9-19(10-7-12)16-4-3-15(17)14-11-18-8-5-13(14)16/h3-5,8,11-12H,2,6-7,9-10,17H2,1H3. The van der Waals surface area contributed by atoms with Gasteiger partial charge in [0.25, 0.3) is 0 Å². The Morgan fingerprint density at radius 2 is 2.05 bits per heavy atom. The second-order valence-corrected chi connectivity index (χ2v) is 5.24. The first-order chi connectivity index (χ1) is 9.79. The third-order valence-electron chi connectivity index (χ3n) is 4.01. The number of nitrogens with two attached hydrogens (primary N) is 1. The predicted molar refractivity (Wildman–Crippen MR) is 83.0 cm³/mol. The molecular formula is C16H21N3O. The molecular weight excluding hydrogens is 250 g/mol. The van der Waals surface area contributed by atoms with Crippen LogP contribution in [0.25, 0.3) is 10.8 Å². The number of fused-ring (bicyclic) bond motifs is 1. The Morgan fingerprint density at radius 1 is 1.25 bits per heavy atom. The highest BCUT2D eigenvalue weighted by molar-refractivity contribution is 6.00. The number of hydrogen-bond donors (Lipinski definition) is 1. The fourth-order valence-electron chi connectivity index (χ4n) is 2.97. The minimum Gasteiger partial charge on any atom is -0.398 e. The Balaban J connectivity index is 1.87. The van der Waals surface area contributed by atoms with E-state index in [-0.39, 0.29) is 0 Å². The first-order valence-corrected chi connectivity index (χ1v) is 7.28. The van der Waals surface area contributed by atoms with Gasteiger partial charge in [0, 0.05) is 54.2 Å². The molecule has 1 aliphatic heterocycles. The van der Waals surface area contributed by atoms with Gasteiger partial charge in [0.1, 0.15) is 0 Å². The van der Waals surface area contributed by atoms with Gasteiger partial charge in [-0.15, -0.1) is 0 Å². The van der Waals surface area contributed by atoms with Crippen LogP contribution >= 0.6 is 0 Å². The van der Waals surface area contributed by atoms with E-state index in [1.54, 1.807) is 0 Å². The van der Waals surface area contributed by atoms with E-state index >= 15 is 0 Å². The van der Waals surface area contributed by atoms with E-state index in [0.717, 1.165) is 43.6 Å². The van der Waals surface area contributed by atoms with Crippen molar-refractivity contribution in [2.45, 2.75) is 25.9 Å². The molecule has 0 amide bonds. The van der Waals surface area contributed by atoms with E-state index < -0.39 is 0 Å². The zero-order valence-electron chi connectivity index (χ0n) is 11.9. The Kier molecular flexibility index (Phi) is 3.74. The first kappa shape index (κ1) is 13.2. The van der Waals surface area contributed by atoms with Crippen LogP contribution in [0.4, 0.5) is 11.4 Å². The molecule has 0 spiro atoms. The number of ether oxygens (including phenoxy) is 1. The maximum absolute atomic E-state index is 6.04. The largest absolute Gasteiger partial charge is 0.398 e. The molecule has 1 aromatic carbocycles. The number of anilines is 2. The Bertz CT molecular complexity index is 591. The van der Waals surface area contributed by atoms with Gasteiger partial charge in [-0.2, -0.15) is 0 Å². The second-order valence-electron chi connectivity index (χ2n) is 5.24. The lowest BCUT2D eigenvalue weighted by atomic mass is 10.0. The van der Waals surface area contributed by atoms with Crippen LogP contribution in [-0.2, 0) is 4.74 Å². The monoisotopic (exact) mass is 271 g/mol. The van der Waals surface area contributed by atoms with E-state index in [4.69, 9.17) is 10.5 Å². The van der Waals surface area contributed by atoms with Crippen LogP contribution in [0.3, 0.4) is 0 Å². The summed E-state index contributed by atoms with van der Waals surface area (Å²) in [5.74, 6) is 0. The van der Waals surface area contributed by atoms with Crippen molar-refractivity contribution in [3.8, 4) is 0 Å². The summed E-state index contributed by atoms with van der Waals surface area (Å²) in [6.45, 7) is 4.94. The second kappa shape index (κ2) is 5.67. The lowest BCUT2D eigenvalue weighted by molar-refractivity contribution is 0.0459. The Hall–Kier alpha value is -1.81. The van der Waals surface area contributed by atoms with Crippen LogP contribution in [0, 0.1) is 0 Å². The minimum atomic E-state index is 0.415. The van der Waals surface area contributed by atoms with E-state index in [2.05, 4.69) is 28.9 Å². The van der Waals surface area contributed by atoms with Crippen molar-refractivity contribution in [3.63, 3.8) is 0 Å². The highest BCUT2D eigenvalue weighted by atomic mass is 16.5. The number of nitrogen functional groups attached to an aromatic ring is 1. The van der Waals surface area contributed by atoms with E-state index in [1.807, 2.05) is 18.5 Å². The van der Waals surface area contributed by atoms with Crippen molar-refractivity contribution >= 4 is 22.1 Å². The summed E-state index contributed by atoms with van der Waals surface area (Å²) >= 11 is 0. The van der Waals surface area contributed by atoms with Gasteiger partial charge >= 0.3 is 0 Å². The van der Waals surface area contributed by atoms with Crippen molar-refractivity contribution in [2.75, 3.05) is 30.3 Å². The topological polar surface area (TPSA) is 51.4 Å². The fourth-order valence-corrected chi connectivity index (χ4v) is 2.97. The normalized spacial score (nSPS) is 16.8. The highest BCUT2D eigenvalue weighted by Gasteiger charge is 2.20. The van der Waals surface area contributed by atoms with Gasteiger partial charge in [0.2, 0.25) is 0 Å². The molecule has 106 valence electrons. The molecule has 4 heteroatoms. The molecule has 0 bridgehead atoms. The minimum absolute atomic E-state index is 0.415. The van der Waals surface area contributed by atoms with Gasteiger partial charge in [-0.05, 0) is 38.0 Å². The molecule has 0 atom stereocenters. The van der Waals surface area contributed by atoms with Gasteiger partial charge < -0.3 is 15.4 Å². The molecule has 1 fully saturated rings. The van der Waals surface area contributed by atoms with Crippen molar-refractivity contribution in [1.29, 1.82) is 0 Å². The third kappa shape index (κ3) is 2.43. The smallest absolute Gasteiger partial charge is 0.0608 e. The van der Waals surface area contributed by atoms with E-state index in [0.29, 0.717) is 6.10 Å². The van der Waals surface area contributed by atoms with Gasteiger partial charge in [0.05, 0.1) is 6.10 Å². The quantitative estimate of drug-likeness (QED) is 0.872.